The predicted molar refractivity (Wildman–Crippen MR) is 91.4 cm³/mol. The van der Waals surface area contributed by atoms with Crippen molar-refractivity contribution < 1.29 is 31.8 Å². The molecule has 2 aromatic carbocycles. The highest BCUT2D eigenvalue weighted by Crippen LogP contribution is 2.35. The quantitative estimate of drug-likeness (QED) is 0.614. The molecule has 1 heterocycles. The monoisotopic (exact) mass is 380 g/mol. The van der Waals surface area contributed by atoms with E-state index < -0.39 is 17.4 Å². The molecule has 0 fully saturated rings. The lowest BCUT2D eigenvalue weighted by atomic mass is 10.1. The summed E-state index contributed by atoms with van der Waals surface area (Å²) in [6, 6.07) is 9.45. The van der Waals surface area contributed by atoms with Gasteiger partial charge in [0.15, 0.2) is 0 Å². The molecule has 27 heavy (non-hydrogen) atoms. The summed E-state index contributed by atoms with van der Waals surface area (Å²) in [5, 5.41) is -0.212. The second-order valence-corrected chi connectivity index (χ2v) is 5.60. The molecular formula is C19H15F3O5. The van der Waals surface area contributed by atoms with Crippen molar-refractivity contribution in [1.29, 1.82) is 0 Å². The number of benzene rings is 2. The molecule has 0 saturated carbocycles. The average molecular weight is 380 g/mol. The van der Waals surface area contributed by atoms with Crippen molar-refractivity contribution in [2.45, 2.75) is 12.8 Å². The van der Waals surface area contributed by atoms with Gasteiger partial charge in [0, 0.05) is 29.1 Å². The molecule has 0 aliphatic carbocycles. The third-order valence-electron chi connectivity index (χ3n) is 3.91. The van der Waals surface area contributed by atoms with E-state index in [1.807, 2.05) is 0 Å². The second-order valence-electron chi connectivity index (χ2n) is 5.60. The van der Waals surface area contributed by atoms with E-state index in [0.29, 0.717) is 23.1 Å². The second kappa shape index (κ2) is 7.22. The smallest absolute Gasteiger partial charge is 0.417 e. The largest absolute Gasteiger partial charge is 0.497 e. The van der Waals surface area contributed by atoms with Crippen LogP contribution in [0.15, 0.2) is 51.7 Å². The zero-order valence-electron chi connectivity index (χ0n) is 14.4. The predicted octanol–water partition coefficient (Wildman–Crippen LogP) is 4.41. The van der Waals surface area contributed by atoms with Crippen LogP contribution < -0.4 is 19.8 Å². The fraction of sp³-hybridized carbons (Fsp3) is 0.211. The standard InChI is InChI=1S/C19H15F3O5/c1-24-12-4-3-11(16(7-12)25-2)10-26-13-5-6-14-15(19(20,21)22)9-18(23)27-17(14)8-13/h3-9H,10H2,1-2H3. The minimum atomic E-state index is -4.66. The van der Waals surface area contributed by atoms with Gasteiger partial charge < -0.3 is 18.6 Å². The van der Waals surface area contributed by atoms with Gasteiger partial charge in [-0.15, -0.1) is 0 Å². The number of rotatable bonds is 5. The highest BCUT2D eigenvalue weighted by Gasteiger charge is 2.33. The van der Waals surface area contributed by atoms with E-state index in [9.17, 15) is 18.0 Å². The fourth-order valence-corrected chi connectivity index (χ4v) is 2.60. The molecule has 0 bridgehead atoms. The molecule has 0 spiro atoms. The number of ether oxygens (including phenoxy) is 3. The van der Waals surface area contributed by atoms with E-state index in [0.717, 1.165) is 0 Å². The molecule has 0 N–H and O–H groups in total. The molecule has 0 aliphatic rings. The number of hydrogen-bond acceptors (Lipinski definition) is 5. The van der Waals surface area contributed by atoms with Crippen LogP contribution in [0.3, 0.4) is 0 Å². The van der Waals surface area contributed by atoms with E-state index >= 15 is 0 Å². The van der Waals surface area contributed by atoms with Gasteiger partial charge in [-0.3, -0.25) is 0 Å². The van der Waals surface area contributed by atoms with Crippen LogP contribution in [0.2, 0.25) is 0 Å². The molecule has 3 rings (SSSR count). The molecule has 8 heteroatoms. The molecule has 0 aliphatic heterocycles. The molecule has 5 nitrogen and oxygen atoms in total. The molecule has 0 unspecified atom stereocenters. The zero-order chi connectivity index (χ0) is 19.6. The summed E-state index contributed by atoms with van der Waals surface area (Å²) in [6.07, 6.45) is -4.66. The van der Waals surface area contributed by atoms with E-state index in [1.54, 1.807) is 18.2 Å². The number of hydrogen-bond donors (Lipinski definition) is 0. The van der Waals surface area contributed by atoms with Crippen molar-refractivity contribution in [3.8, 4) is 17.2 Å². The van der Waals surface area contributed by atoms with E-state index in [-0.39, 0.29) is 23.3 Å². The Hall–Kier alpha value is -3.16. The molecule has 1 aromatic heterocycles. The molecule has 0 amide bonds. The van der Waals surface area contributed by atoms with E-state index in [1.165, 1.54) is 32.4 Å². The topological polar surface area (TPSA) is 57.9 Å². The Morgan fingerprint density at radius 3 is 2.37 bits per heavy atom. The molecule has 0 atom stereocenters. The first-order valence-corrected chi connectivity index (χ1v) is 7.80. The molecular weight excluding hydrogens is 365 g/mol. The average Bonchev–Trinajstić information content (AvgIpc) is 2.64. The number of fused-ring (bicyclic) bond motifs is 1. The summed E-state index contributed by atoms with van der Waals surface area (Å²) in [4.78, 5) is 11.4. The Morgan fingerprint density at radius 2 is 1.70 bits per heavy atom. The highest BCUT2D eigenvalue weighted by atomic mass is 19.4. The zero-order valence-corrected chi connectivity index (χ0v) is 14.4. The van der Waals surface area contributed by atoms with Crippen molar-refractivity contribution >= 4 is 11.0 Å². The van der Waals surface area contributed by atoms with Gasteiger partial charge in [-0.05, 0) is 24.3 Å². The maximum atomic E-state index is 13.1. The van der Waals surface area contributed by atoms with Gasteiger partial charge >= 0.3 is 11.8 Å². The van der Waals surface area contributed by atoms with Crippen molar-refractivity contribution in [2.24, 2.45) is 0 Å². The maximum Gasteiger partial charge on any atom is 0.417 e. The summed E-state index contributed by atoms with van der Waals surface area (Å²) in [5.74, 6) is 1.41. The lowest BCUT2D eigenvalue weighted by molar-refractivity contribution is -0.136. The molecule has 0 radical (unpaired) electrons. The number of methoxy groups -OCH3 is 2. The molecule has 142 valence electrons. The summed E-state index contributed by atoms with van der Waals surface area (Å²) in [5.41, 5.74) is -1.61. The first kappa shape index (κ1) is 18.6. The number of halogens is 3. The Labute approximate surface area is 151 Å². The lowest BCUT2D eigenvalue weighted by Crippen LogP contribution is -2.11. The highest BCUT2D eigenvalue weighted by molar-refractivity contribution is 5.82. The molecule has 0 saturated heterocycles. The first-order valence-electron chi connectivity index (χ1n) is 7.80. The van der Waals surface area contributed by atoms with Crippen LogP contribution in [0.5, 0.6) is 17.2 Å². The third kappa shape index (κ3) is 3.99. The normalized spacial score (nSPS) is 11.4. The van der Waals surface area contributed by atoms with E-state index in [2.05, 4.69) is 0 Å². The van der Waals surface area contributed by atoms with Crippen molar-refractivity contribution in [3.63, 3.8) is 0 Å². The minimum absolute atomic E-state index is 0.0991. The van der Waals surface area contributed by atoms with Crippen LogP contribution in [0, 0.1) is 0 Å². The van der Waals surface area contributed by atoms with Crippen molar-refractivity contribution in [3.05, 3.63) is 64.0 Å². The number of alkyl halides is 3. The summed E-state index contributed by atoms with van der Waals surface area (Å²) in [7, 11) is 3.03. The van der Waals surface area contributed by atoms with Crippen LogP contribution in [0.4, 0.5) is 13.2 Å². The maximum absolute atomic E-state index is 13.1. The van der Waals surface area contributed by atoms with Gasteiger partial charge in [-0.1, -0.05) is 0 Å². The minimum Gasteiger partial charge on any atom is -0.497 e. The van der Waals surface area contributed by atoms with Gasteiger partial charge in [0.1, 0.15) is 29.4 Å². The van der Waals surface area contributed by atoms with Crippen molar-refractivity contribution in [1.82, 2.24) is 0 Å². The van der Waals surface area contributed by atoms with Crippen LogP contribution >= 0.6 is 0 Å². The Balaban J connectivity index is 1.90. The van der Waals surface area contributed by atoms with Crippen molar-refractivity contribution in [2.75, 3.05) is 14.2 Å². The van der Waals surface area contributed by atoms with Gasteiger partial charge in [-0.2, -0.15) is 13.2 Å². The van der Waals surface area contributed by atoms with Crippen LogP contribution in [0.1, 0.15) is 11.1 Å². The Bertz CT molecular complexity index is 1020. The molecule has 3 aromatic rings. The van der Waals surface area contributed by atoms with Gasteiger partial charge in [0.25, 0.3) is 0 Å². The van der Waals surface area contributed by atoms with E-state index in [4.69, 9.17) is 18.6 Å². The van der Waals surface area contributed by atoms with Gasteiger partial charge in [-0.25, -0.2) is 4.79 Å². The van der Waals surface area contributed by atoms with Gasteiger partial charge in [0.05, 0.1) is 19.8 Å². The van der Waals surface area contributed by atoms with Gasteiger partial charge in [0.2, 0.25) is 0 Å². The Morgan fingerprint density at radius 1 is 0.963 bits per heavy atom. The van der Waals surface area contributed by atoms with Crippen LogP contribution in [0.25, 0.3) is 11.0 Å². The third-order valence-corrected chi connectivity index (χ3v) is 3.91. The Kier molecular flexibility index (Phi) is 4.98. The summed E-state index contributed by atoms with van der Waals surface area (Å²) < 4.78 is 60.1. The van der Waals surface area contributed by atoms with Crippen LogP contribution in [-0.4, -0.2) is 14.2 Å². The fourth-order valence-electron chi connectivity index (χ4n) is 2.60. The lowest BCUT2D eigenvalue weighted by Gasteiger charge is -2.13. The van der Waals surface area contributed by atoms with Crippen LogP contribution in [-0.2, 0) is 12.8 Å². The summed E-state index contributed by atoms with van der Waals surface area (Å²) in [6.45, 7) is 0.0991. The first-order chi connectivity index (χ1) is 12.8. The summed E-state index contributed by atoms with van der Waals surface area (Å²) >= 11 is 0. The SMILES string of the molecule is COc1ccc(COc2ccc3c(C(F)(F)F)cc(=O)oc3c2)c(OC)c1.